The van der Waals surface area contributed by atoms with Gasteiger partial charge in [0.05, 0.1) is 12.4 Å². The van der Waals surface area contributed by atoms with Crippen LogP contribution in [-0.2, 0) is 6.42 Å². The number of halogens is 2. The third kappa shape index (κ3) is 1.90. The van der Waals surface area contributed by atoms with Crippen molar-refractivity contribution in [2.24, 2.45) is 0 Å². The molecule has 1 aromatic heterocycles. The highest BCUT2D eigenvalue weighted by Gasteiger charge is 2.18. The van der Waals surface area contributed by atoms with Crippen LogP contribution in [0.4, 0.5) is 8.78 Å². The summed E-state index contributed by atoms with van der Waals surface area (Å²) in [5.41, 5.74) is 0.152. The Kier molecular flexibility index (Phi) is 2.72. The van der Waals surface area contributed by atoms with Gasteiger partial charge in [-0.15, -0.1) is 0 Å². The van der Waals surface area contributed by atoms with Crippen molar-refractivity contribution >= 4 is 0 Å². The highest BCUT2D eigenvalue weighted by Crippen LogP contribution is 2.16. The Morgan fingerprint density at radius 2 is 2.07 bits per heavy atom. The molecule has 76 valence electrons. The summed E-state index contributed by atoms with van der Waals surface area (Å²) in [4.78, 5) is 3.45. The van der Waals surface area contributed by atoms with E-state index in [0.29, 0.717) is 6.42 Å². The molecular weight excluding hydrogens is 186 g/mol. The second kappa shape index (κ2) is 4.00. The zero-order chi connectivity index (χ0) is 9.97. The van der Waals surface area contributed by atoms with E-state index in [-0.39, 0.29) is 11.6 Å². The molecule has 2 heterocycles. The van der Waals surface area contributed by atoms with Crippen LogP contribution in [0.5, 0.6) is 0 Å². The lowest BCUT2D eigenvalue weighted by Gasteiger charge is -2.10. The molecule has 2 rings (SSSR count). The van der Waals surface area contributed by atoms with Crippen LogP contribution in [0.15, 0.2) is 12.4 Å². The first-order valence-electron chi connectivity index (χ1n) is 4.78. The molecule has 1 N–H and O–H groups in total. The number of aromatic nitrogens is 1. The fourth-order valence-electron chi connectivity index (χ4n) is 1.81. The largest absolute Gasteiger partial charge is 0.314 e. The Morgan fingerprint density at radius 3 is 2.64 bits per heavy atom. The standard InChI is InChI=1S/C10H12F2N2/c11-9-5-13-6-10(12)8(9)4-7-2-1-3-14-7/h5-7,14H,1-4H2. The fraction of sp³-hybridized carbons (Fsp3) is 0.500. The summed E-state index contributed by atoms with van der Waals surface area (Å²) in [5, 5.41) is 3.21. The summed E-state index contributed by atoms with van der Waals surface area (Å²) >= 11 is 0. The first kappa shape index (κ1) is 9.52. The SMILES string of the molecule is Fc1cncc(F)c1CC1CCCN1. The number of nitrogens with one attached hydrogen (secondary N) is 1. The molecule has 0 aliphatic carbocycles. The van der Waals surface area contributed by atoms with Gasteiger partial charge in [0, 0.05) is 11.6 Å². The van der Waals surface area contributed by atoms with Crippen molar-refractivity contribution in [1.82, 2.24) is 10.3 Å². The van der Waals surface area contributed by atoms with Crippen LogP contribution < -0.4 is 5.32 Å². The molecule has 14 heavy (non-hydrogen) atoms. The van der Waals surface area contributed by atoms with Crippen LogP contribution in [0.25, 0.3) is 0 Å². The van der Waals surface area contributed by atoms with Gasteiger partial charge in [-0.3, -0.25) is 4.98 Å². The Bertz CT molecular complexity index is 302. The average molecular weight is 198 g/mol. The van der Waals surface area contributed by atoms with Crippen molar-refractivity contribution in [3.63, 3.8) is 0 Å². The molecule has 1 unspecified atom stereocenters. The van der Waals surface area contributed by atoms with E-state index in [9.17, 15) is 8.78 Å². The summed E-state index contributed by atoms with van der Waals surface area (Å²) in [7, 11) is 0. The Balaban J connectivity index is 2.14. The minimum Gasteiger partial charge on any atom is -0.314 e. The van der Waals surface area contributed by atoms with Gasteiger partial charge in [0.2, 0.25) is 0 Å². The number of rotatable bonds is 2. The molecule has 1 aliphatic rings. The van der Waals surface area contributed by atoms with Crippen LogP contribution in [0, 0.1) is 11.6 Å². The van der Waals surface area contributed by atoms with Gasteiger partial charge in [-0.25, -0.2) is 8.78 Å². The molecule has 0 saturated carbocycles. The zero-order valence-electron chi connectivity index (χ0n) is 7.76. The van der Waals surface area contributed by atoms with Crippen molar-refractivity contribution in [2.75, 3.05) is 6.54 Å². The average Bonchev–Trinajstić information content (AvgIpc) is 2.64. The summed E-state index contributed by atoms with van der Waals surface area (Å²) < 4.78 is 26.3. The van der Waals surface area contributed by atoms with Gasteiger partial charge in [0.25, 0.3) is 0 Å². The van der Waals surface area contributed by atoms with Gasteiger partial charge < -0.3 is 5.32 Å². The van der Waals surface area contributed by atoms with Gasteiger partial charge in [-0.1, -0.05) is 0 Å². The van der Waals surface area contributed by atoms with E-state index in [1.807, 2.05) is 0 Å². The van der Waals surface area contributed by atoms with E-state index in [1.54, 1.807) is 0 Å². The molecule has 1 fully saturated rings. The highest BCUT2D eigenvalue weighted by atomic mass is 19.1. The van der Waals surface area contributed by atoms with Crippen molar-refractivity contribution in [1.29, 1.82) is 0 Å². The van der Waals surface area contributed by atoms with Gasteiger partial charge in [0.1, 0.15) is 11.6 Å². The normalized spacial score (nSPS) is 21.4. The Morgan fingerprint density at radius 1 is 1.36 bits per heavy atom. The summed E-state index contributed by atoms with van der Waals surface area (Å²) in [5.74, 6) is -1.09. The van der Waals surface area contributed by atoms with Gasteiger partial charge in [-0.2, -0.15) is 0 Å². The molecule has 0 radical (unpaired) electrons. The smallest absolute Gasteiger partial charge is 0.147 e. The number of nitrogens with zero attached hydrogens (tertiary/aromatic N) is 1. The maximum atomic E-state index is 13.2. The Labute approximate surface area is 81.4 Å². The third-order valence-corrected chi connectivity index (χ3v) is 2.57. The third-order valence-electron chi connectivity index (χ3n) is 2.57. The highest BCUT2D eigenvalue weighted by molar-refractivity contribution is 5.16. The summed E-state index contributed by atoms with van der Waals surface area (Å²) in [6, 6.07) is 0.210. The van der Waals surface area contributed by atoms with E-state index >= 15 is 0 Å². The topological polar surface area (TPSA) is 24.9 Å². The van der Waals surface area contributed by atoms with Crippen LogP contribution in [-0.4, -0.2) is 17.6 Å². The molecule has 0 spiro atoms. The van der Waals surface area contributed by atoms with Crippen LogP contribution in [0.3, 0.4) is 0 Å². The van der Waals surface area contributed by atoms with E-state index in [4.69, 9.17) is 0 Å². The lowest BCUT2D eigenvalue weighted by Crippen LogP contribution is -2.24. The number of hydrogen-bond donors (Lipinski definition) is 1. The van der Waals surface area contributed by atoms with Crippen LogP contribution in [0.1, 0.15) is 18.4 Å². The van der Waals surface area contributed by atoms with E-state index in [2.05, 4.69) is 10.3 Å². The molecule has 0 aromatic carbocycles. The number of hydrogen-bond acceptors (Lipinski definition) is 2. The maximum absolute atomic E-state index is 13.2. The zero-order valence-corrected chi connectivity index (χ0v) is 7.76. The molecule has 0 bridgehead atoms. The second-order valence-electron chi connectivity index (χ2n) is 3.58. The Hall–Kier alpha value is -1.03. The van der Waals surface area contributed by atoms with Crippen molar-refractivity contribution < 1.29 is 8.78 Å². The second-order valence-corrected chi connectivity index (χ2v) is 3.58. The molecule has 4 heteroatoms. The molecular formula is C10H12F2N2. The fourth-order valence-corrected chi connectivity index (χ4v) is 1.81. The summed E-state index contributed by atoms with van der Waals surface area (Å²) in [6.07, 6.45) is 4.61. The first-order valence-corrected chi connectivity index (χ1v) is 4.78. The van der Waals surface area contributed by atoms with E-state index in [0.717, 1.165) is 31.8 Å². The number of pyridine rings is 1. The summed E-state index contributed by atoms with van der Waals surface area (Å²) in [6.45, 7) is 0.943. The predicted molar refractivity (Wildman–Crippen MR) is 48.9 cm³/mol. The minimum absolute atomic E-state index is 0.152. The van der Waals surface area contributed by atoms with Gasteiger partial charge in [-0.05, 0) is 25.8 Å². The minimum atomic E-state index is -0.543. The molecule has 1 aliphatic heterocycles. The quantitative estimate of drug-likeness (QED) is 0.781. The molecule has 1 atom stereocenters. The monoisotopic (exact) mass is 198 g/mol. The first-order chi connectivity index (χ1) is 6.77. The van der Waals surface area contributed by atoms with Crippen molar-refractivity contribution in [3.8, 4) is 0 Å². The lowest BCUT2D eigenvalue weighted by molar-refractivity contribution is 0.513. The maximum Gasteiger partial charge on any atom is 0.147 e. The van der Waals surface area contributed by atoms with Gasteiger partial charge >= 0.3 is 0 Å². The molecule has 2 nitrogen and oxygen atoms in total. The lowest BCUT2D eigenvalue weighted by atomic mass is 10.1. The predicted octanol–water partition coefficient (Wildman–Crippen LogP) is 1.65. The van der Waals surface area contributed by atoms with Crippen molar-refractivity contribution in [2.45, 2.75) is 25.3 Å². The molecule has 1 saturated heterocycles. The van der Waals surface area contributed by atoms with Crippen molar-refractivity contribution in [3.05, 3.63) is 29.6 Å². The molecule has 0 amide bonds. The van der Waals surface area contributed by atoms with Gasteiger partial charge in [0.15, 0.2) is 0 Å². The van der Waals surface area contributed by atoms with E-state index < -0.39 is 11.6 Å². The van der Waals surface area contributed by atoms with Crippen LogP contribution in [0.2, 0.25) is 0 Å². The van der Waals surface area contributed by atoms with Crippen LogP contribution >= 0.6 is 0 Å². The van der Waals surface area contributed by atoms with E-state index in [1.165, 1.54) is 0 Å². The molecule has 1 aromatic rings.